The lowest BCUT2D eigenvalue weighted by atomic mass is 10.1. The van der Waals surface area contributed by atoms with Gasteiger partial charge in [-0.15, -0.1) is 0 Å². The van der Waals surface area contributed by atoms with Crippen molar-refractivity contribution in [1.29, 1.82) is 0 Å². The van der Waals surface area contributed by atoms with Gasteiger partial charge < -0.3 is 20.4 Å². The summed E-state index contributed by atoms with van der Waals surface area (Å²) in [5, 5.41) is 4.34. The third kappa shape index (κ3) is 2.14. The summed E-state index contributed by atoms with van der Waals surface area (Å²) in [6, 6.07) is 6.06. The third-order valence-electron chi connectivity index (χ3n) is 3.01. The van der Waals surface area contributed by atoms with Crippen LogP contribution in [0.4, 0.5) is 0 Å². The van der Waals surface area contributed by atoms with E-state index in [0.29, 0.717) is 6.67 Å². The number of rotatable bonds is 5. The fourth-order valence-corrected chi connectivity index (χ4v) is 2.17. The molecule has 4 nitrogen and oxygen atoms in total. The first-order chi connectivity index (χ1) is 8.31. The second kappa shape index (κ2) is 5.21. The van der Waals surface area contributed by atoms with Gasteiger partial charge >= 0.3 is 0 Å². The molecule has 2 rings (SSSR count). The van der Waals surface area contributed by atoms with Gasteiger partial charge in [0.25, 0.3) is 0 Å². The van der Waals surface area contributed by atoms with Crippen molar-refractivity contribution in [1.82, 2.24) is 9.88 Å². The van der Waals surface area contributed by atoms with E-state index in [9.17, 15) is 0 Å². The van der Waals surface area contributed by atoms with Crippen LogP contribution in [0.1, 0.15) is 5.56 Å². The number of hydrogen-bond acceptors (Lipinski definition) is 3. The highest BCUT2D eigenvalue weighted by molar-refractivity contribution is 5.90. The monoisotopic (exact) mass is 233 g/mol. The molecule has 0 spiro atoms. The standard InChI is InChI=1S/C13H19N3O/c1-15-7-6-10-8-16(9-14)11-4-3-5-12(17-2)13(10)11/h3-5,8,15H,6-7,9,14H2,1-2H3. The van der Waals surface area contributed by atoms with Crippen LogP contribution in [0.2, 0.25) is 0 Å². The van der Waals surface area contributed by atoms with Crippen molar-refractivity contribution < 1.29 is 4.74 Å². The number of ether oxygens (including phenoxy) is 1. The van der Waals surface area contributed by atoms with Crippen molar-refractivity contribution in [3.8, 4) is 5.75 Å². The fraction of sp³-hybridized carbons (Fsp3) is 0.385. The molecule has 2 aromatic rings. The Bertz CT molecular complexity index is 505. The molecule has 0 aliphatic carbocycles. The summed E-state index contributed by atoms with van der Waals surface area (Å²) in [5.41, 5.74) is 8.17. The summed E-state index contributed by atoms with van der Waals surface area (Å²) < 4.78 is 7.49. The van der Waals surface area contributed by atoms with Gasteiger partial charge in [0.1, 0.15) is 5.75 Å². The Kier molecular flexibility index (Phi) is 3.66. The summed E-state index contributed by atoms with van der Waals surface area (Å²) in [5.74, 6) is 0.917. The van der Waals surface area contributed by atoms with Gasteiger partial charge in [0.2, 0.25) is 0 Å². The van der Waals surface area contributed by atoms with Crippen LogP contribution in [0.5, 0.6) is 5.75 Å². The van der Waals surface area contributed by atoms with Crippen LogP contribution >= 0.6 is 0 Å². The number of benzene rings is 1. The minimum absolute atomic E-state index is 0.489. The molecular formula is C13H19N3O. The molecule has 0 saturated carbocycles. The normalized spacial score (nSPS) is 11.0. The molecule has 4 heteroatoms. The maximum atomic E-state index is 5.76. The largest absolute Gasteiger partial charge is 0.496 e. The topological polar surface area (TPSA) is 52.2 Å². The summed E-state index contributed by atoms with van der Waals surface area (Å²) in [6.45, 7) is 1.44. The molecule has 1 heterocycles. The lowest BCUT2D eigenvalue weighted by Crippen LogP contribution is -2.10. The van der Waals surface area contributed by atoms with Gasteiger partial charge in [-0.05, 0) is 37.7 Å². The first kappa shape index (κ1) is 12.0. The molecule has 92 valence electrons. The van der Waals surface area contributed by atoms with Crippen molar-refractivity contribution >= 4 is 10.9 Å². The van der Waals surface area contributed by atoms with E-state index in [4.69, 9.17) is 10.5 Å². The Morgan fingerprint density at radius 2 is 2.24 bits per heavy atom. The van der Waals surface area contributed by atoms with E-state index >= 15 is 0 Å². The molecule has 1 aromatic heterocycles. The van der Waals surface area contributed by atoms with Gasteiger partial charge in [-0.2, -0.15) is 0 Å². The summed E-state index contributed by atoms with van der Waals surface area (Å²) in [7, 11) is 3.66. The second-order valence-corrected chi connectivity index (χ2v) is 4.01. The van der Waals surface area contributed by atoms with Crippen LogP contribution in [-0.2, 0) is 13.1 Å². The van der Waals surface area contributed by atoms with E-state index in [0.717, 1.165) is 24.2 Å². The third-order valence-corrected chi connectivity index (χ3v) is 3.01. The van der Waals surface area contributed by atoms with Crippen molar-refractivity contribution in [3.05, 3.63) is 30.0 Å². The Morgan fingerprint density at radius 3 is 2.88 bits per heavy atom. The Hall–Kier alpha value is -1.52. The quantitative estimate of drug-likeness (QED) is 0.819. The zero-order valence-electron chi connectivity index (χ0n) is 10.4. The van der Waals surface area contributed by atoms with E-state index in [-0.39, 0.29) is 0 Å². The SMILES string of the molecule is CNCCc1cn(CN)c2cccc(OC)c12. The molecule has 3 N–H and O–H groups in total. The van der Waals surface area contributed by atoms with Gasteiger partial charge in [0, 0.05) is 11.6 Å². The molecular weight excluding hydrogens is 214 g/mol. The smallest absolute Gasteiger partial charge is 0.128 e. The lowest BCUT2D eigenvalue weighted by molar-refractivity contribution is 0.419. The minimum Gasteiger partial charge on any atom is -0.496 e. The molecule has 0 fully saturated rings. The van der Waals surface area contributed by atoms with Crippen LogP contribution in [0, 0.1) is 0 Å². The van der Waals surface area contributed by atoms with Crippen LogP contribution in [0.25, 0.3) is 10.9 Å². The van der Waals surface area contributed by atoms with E-state index in [1.807, 2.05) is 19.2 Å². The van der Waals surface area contributed by atoms with E-state index in [1.165, 1.54) is 10.9 Å². The Labute approximate surface area is 101 Å². The van der Waals surface area contributed by atoms with Gasteiger partial charge in [0.15, 0.2) is 0 Å². The van der Waals surface area contributed by atoms with Gasteiger partial charge in [-0.25, -0.2) is 0 Å². The summed E-state index contributed by atoms with van der Waals surface area (Å²) >= 11 is 0. The van der Waals surface area contributed by atoms with Crippen LogP contribution in [0.15, 0.2) is 24.4 Å². The highest BCUT2D eigenvalue weighted by Crippen LogP contribution is 2.30. The van der Waals surface area contributed by atoms with Crippen molar-refractivity contribution in [3.63, 3.8) is 0 Å². The van der Waals surface area contributed by atoms with Gasteiger partial charge in [-0.1, -0.05) is 6.07 Å². The van der Waals surface area contributed by atoms with E-state index in [2.05, 4.69) is 22.1 Å². The predicted octanol–water partition coefficient (Wildman–Crippen LogP) is 1.33. The summed E-state index contributed by atoms with van der Waals surface area (Å²) in [4.78, 5) is 0. The molecule has 0 amide bonds. The van der Waals surface area contributed by atoms with Crippen LogP contribution in [-0.4, -0.2) is 25.3 Å². The Morgan fingerprint density at radius 1 is 1.41 bits per heavy atom. The number of nitrogens with zero attached hydrogens (tertiary/aromatic N) is 1. The maximum Gasteiger partial charge on any atom is 0.128 e. The highest BCUT2D eigenvalue weighted by atomic mass is 16.5. The molecule has 17 heavy (non-hydrogen) atoms. The first-order valence-corrected chi connectivity index (χ1v) is 5.81. The molecule has 1 aromatic carbocycles. The number of hydrogen-bond donors (Lipinski definition) is 2. The van der Waals surface area contributed by atoms with E-state index in [1.54, 1.807) is 7.11 Å². The predicted molar refractivity (Wildman–Crippen MR) is 70.3 cm³/mol. The Balaban J connectivity index is 2.57. The molecule has 0 aliphatic heterocycles. The number of nitrogens with two attached hydrogens (primary N) is 1. The first-order valence-electron chi connectivity index (χ1n) is 5.81. The minimum atomic E-state index is 0.489. The molecule has 0 aliphatic rings. The van der Waals surface area contributed by atoms with Gasteiger partial charge in [-0.3, -0.25) is 0 Å². The second-order valence-electron chi connectivity index (χ2n) is 4.01. The molecule has 0 atom stereocenters. The van der Waals surface area contributed by atoms with Crippen molar-refractivity contribution in [2.75, 3.05) is 20.7 Å². The van der Waals surface area contributed by atoms with Crippen LogP contribution < -0.4 is 15.8 Å². The number of methoxy groups -OCH3 is 1. The number of fused-ring (bicyclic) bond motifs is 1. The zero-order chi connectivity index (χ0) is 12.3. The van der Waals surface area contributed by atoms with E-state index < -0.39 is 0 Å². The summed E-state index contributed by atoms with van der Waals surface area (Å²) in [6.07, 6.45) is 3.09. The maximum absolute atomic E-state index is 5.76. The zero-order valence-corrected chi connectivity index (χ0v) is 10.4. The fourth-order valence-electron chi connectivity index (χ4n) is 2.17. The molecule has 0 unspecified atom stereocenters. The number of likely N-dealkylation sites (N-methyl/N-ethyl adjacent to an activating group) is 1. The average molecular weight is 233 g/mol. The van der Waals surface area contributed by atoms with Gasteiger partial charge in [0.05, 0.1) is 19.3 Å². The lowest BCUT2D eigenvalue weighted by Gasteiger charge is -2.05. The van der Waals surface area contributed by atoms with Crippen LogP contribution in [0.3, 0.4) is 0 Å². The number of nitrogens with one attached hydrogen (secondary N) is 1. The molecule has 0 radical (unpaired) electrons. The molecule has 0 bridgehead atoms. The van der Waals surface area contributed by atoms with Crippen molar-refractivity contribution in [2.24, 2.45) is 5.73 Å². The highest BCUT2D eigenvalue weighted by Gasteiger charge is 2.11. The molecule has 0 saturated heterocycles. The van der Waals surface area contributed by atoms with Crippen molar-refractivity contribution in [2.45, 2.75) is 13.1 Å². The average Bonchev–Trinajstić information content (AvgIpc) is 2.74. The number of aromatic nitrogens is 1.